The number of alkyl halides is 3. The topological polar surface area (TPSA) is 68.8 Å². The summed E-state index contributed by atoms with van der Waals surface area (Å²) in [6.07, 6.45) is -3.78. The number of nitrogens with zero attached hydrogens (tertiary/aromatic N) is 3. The zero-order valence-electron chi connectivity index (χ0n) is 11.2. The van der Waals surface area contributed by atoms with Crippen molar-refractivity contribution in [2.24, 2.45) is 7.05 Å². The first-order valence-corrected chi connectivity index (χ1v) is 5.80. The summed E-state index contributed by atoms with van der Waals surface area (Å²) < 4.78 is 39.4. The fourth-order valence-electron chi connectivity index (χ4n) is 1.86. The highest BCUT2D eigenvalue weighted by atomic mass is 19.4. The number of nitrogens with two attached hydrogens (primary N) is 1. The molecular weight excluding hydrogens is 271 g/mol. The van der Waals surface area contributed by atoms with Crippen LogP contribution in [0.1, 0.15) is 17.0 Å². The monoisotopic (exact) mass is 285 g/mol. The third-order valence-corrected chi connectivity index (χ3v) is 3.00. The molecule has 0 aliphatic carbocycles. The van der Waals surface area contributed by atoms with Crippen molar-refractivity contribution in [2.75, 3.05) is 11.1 Å². The van der Waals surface area contributed by atoms with Gasteiger partial charge in [-0.25, -0.2) is 4.98 Å². The minimum absolute atomic E-state index is 0.245. The van der Waals surface area contributed by atoms with Crippen LogP contribution < -0.4 is 11.1 Å². The van der Waals surface area contributed by atoms with Gasteiger partial charge in [-0.2, -0.15) is 18.3 Å². The summed E-state index contributed by atoms with van der Waals surface area (Å²) in [5, 5.41) is 7.14. The molecule has 2 rings (SSSR count). The van der Waals surface area contributed by atoms with Crippen molar-refractivity contribution in [1.29, 1.82) is 0 Å². The molecular formula is C12H14F3N5. The van der Waals surface area contributed by atoms with Gasteiger partial charge in [0.05, 0.1) is 22.6 Å². The lowest BCUT2D eigenvalue weighted by Gasteiger charge is -2.11. The largest absolute Gasteiger partial charge is 0.419 e. The third-order valence-electron chi connectivity index (χ3n) is 3.00. The Morgan fingerprint density at radius 1 is 1.30 bits per heavy atom. The molecule has 0 saturated carbocycles. The van der Waals surface area contributed by atoms with Gasteiger partial charge in [0.1, 0.15) is 5.82 Å². The minimum Gasteiger partial charge on any atom is -0.398 e. The molecule has 0 saturated heterocycles. The van der Waals surface area contributed by atoms with E-state index in [-0.39, 0.29) is 11.5 Å². The van der Waals surface area contributed by atoms with Crippen LogP contribution in [0.4, 0.5) is 30.4 Å². The van der Waals surface area contributed by atoms with Crippen molar-refractivity contribution in [3.63, 3.8) is 0 Å². The Bertz CT molecular complexity index is 645. The van der Waals surface area contributed by atoms with Crippen molar-refractivity contribution in [3.05, 3.63) is 29.2 Å². The average Bonchev–Trinajstić information content (AvgIpc) is 2.54. The average molecular weight is 285 g/mol. The normalized spacial score (nSPS) is 11.7. The molecule has 0 aliphatic rings. The molecule has 0 unspecified atom stereocenters. The predicted molar refractivity (Wildman–Crippen MR) is 69.6 cm³/mol. The lowest BCUT2D eigenvalue weighted by Crippen LogP contribution is -2.10. The molecule has 2 heterocycles. The summed E-state index contributed by atoms with van der Waals surface area (Å²) in [5.74, 6) is 0.245. The van der Waals surface area contributed by atoms with E-state index in [4.69, 9.17) is 5.73 Å². The highest BCUT2D eigenvalue weighted by Gasteiger charge is 2.33. The number of halogens is 3. The Kier molecular flexibility index (Phi) is 3.33. The summed E-state index contributed by atoms with van der Waals surface area (Å²) in [5.41, 5.74) is 6.40. The quantitative estimate of drug-likeness (QED) is 0.890. The number of aryl methyl sites for hydroxylation is 2. The van der Waals surface area contributed by atoms with Gasteiger partial charge >= 0.3 is 6.18 Å². The second-order valence-corrected chi connectivity index (χ2v) is 4.45. The summed E-state index contributed by atoms with van der Waals surface area (Å²) in [6, 6.07) is 1.16. The molecule has 0 atom stereocenters. The molecule has 2 aromatic heterocycles. The number of rotatable bonds is 2. The minimum atomic E-state index is -4.50. The van der Waals surface area contributed by atoms with E-state index in [1.165, 1.54) is 0 Å². The lowest BCUT2D eigenvalue weighted by atomic mass is 10.2. The van der Waals surface area contributed by atoms with Gasteiger partial charge in [0.15, 0.2) is 0 Å². The van der Waals surface area contributed by atoms with Crippen LogP contribution in [0.25, 0.3) is 0 Å². The maximum atomic E-state index is 12.6. The molecule has 20 heavy (non-hydrogen) atoms. The Morgan fingerprint density at radius 2 is 1.95 bits per heavy atom. The van der Waals surface area contributed by atoms with E-state index in [0.29, 0.717) is 5.69 Å². The van der Waals surface area contributed by atoms with Crippen molar-refractivity contribution in [2.45, 2.75) is 20.0 Å². The maximum absolute atomic E-state index is 12.6. The molecule has 5 nitrogen and oxygen atoms in total. The number of hydrogen-bond donors (Lipinski definition) is 2. The summed E-state index contributed by atoms with van der Waals surface area (Å²) in [6.45, 7) is 3.64. The van der Waals surface area contributed by atoms with Crippen LogP contribution in [0.2, 0.25) is 0 Å². The SMILES string of the molecule is Cc1nn(C)c(C)c1Nc1cc(N)c(C(F)(F)F)cn1. The van der Waals surface area contributed by atoms with Crippen LogP contribution in [0.5, 0.6) is 0 Å². The van der Waals surface area contributed by atoms with Crippen LogP contribution in [0, 0.1) is 13.8 Å². The van der Waals surface area contributed by atoms with E-state index in [1.807, 2.05) is 6.92 Å². The van der Waals surface area contributed by atoms with Gasteiger partial charge in [-0.1, -0.05) is 0 Å². The fourth-order valence-corrected chi connectivity index (χ4v) is 1.86. The van der Waals surface area contributed by atoms with Gasteiger partial charge in [-0.15, -0.1) is 0 Å². The molecule has 8 heteroatoms. The first-order chi connectivity index (χ1) is 9.20. The molecule has 2 aromatic rings. The van der Waals surface area contributed by atoms with E-state index in [1.54, 1.807) is 18.7 Å². The number of anilines is 3. The number of aromatic nitrogens is 3. The molecule has 3 N–H and O–H groups in total. The van der Waals surface area contributed by atoms with E-state index in [0.717, 1.165) is 23.7 Å². The number of hydrogen-bond acceptors (Lipinski definition) is 4. The van der Waals surface area contributed by atoms with Gasteiger partial charge in [0.25, 0.3) is 0 Å². The smallest absolute Gasteiger partial charge is 0.398 e. The first-order valence-electron chi connectivity index (χ1n) is 5.80. The van der Waals surface area contributed by atoms with Crippen LogP contribution >= 0.6 is 0 Å². The van der Waals surface area contributed by atoms with Gasteiger partial charge < -0.3 is 11.1 Å². The van der Waals surface area contributed by atoms with Crippen molar-refractivity contribution >= 4 is 17.2 Å². The van der Waals surface area contributed by atoms with E-state index < -0.39 is 11.7 Å². The van der Waals surface area contributed by atoms with Gasteiger partial charge in [0.2, 0.25) is 0 Å². The van der Waals surface area contributed by atoms with Gasteiger partial charge in [-0.3, -0.25) is 4.68 Å². The van der Waals surface area contributed by atoms with Crippen molar-refractivity contribution in [3.8, 4) is 0 Å². The molecule has 0 bridgehead atoms. The van der Waals surface area contributed by atoms with Crippen LogP contribution in [-0.4, -0.2) is 14.8 Å². The lowest BCUT2D eigenvalue weighted by molar-refractivity contribution is -0.137. The predicted octanol–water partition coefficient (Wildman–Crippen LogP) is 2.78. The Morgan fingerprint density at radius 3 is 2.40 bits per heavy atom. The molecule has 0 amide bonds. The number of pyridine rings is 1. The van der Waals surface area contributed by atoms with Crippen LogP contribution in [0.15, 0.2) is 12.3 Å². The Hall–Kier alpha value is -2.25. The van der Waals surface area contributed by atoms with Crippen LogP contribution in [0.3, 0.4) is 0 Å². The Labute approximate surface area is 113 Å². The zero-order chi connectivity index (χ0) is 15.1. The van der Waals surface area contributed by atoms with Crippen molar-refractivity contribution < 1.29 is 13.2 Å². The third kappa shape index (κ3) is 2.54. The molecule has 0 radical (unpaired) electrons. The van der Waals surface area contributed by atoms with Gasteiger partial charge in [0, 0.05) is 25.0 Å². The highest BCUT2D eigenvalue weighted by Crippen LogP contribution is 2.34. The summed E-state index contributed by atoms with van der Waals surface area (Å²) in [7, 11) is 1.78. The maximum Gasteiger partial charge on any atom is 0.419 e. The van der Waals surface area contributed by atoms with Gasteiger partial charge in [-0.05, 0) is 13.8 Å². The van der Waals surface area contributed by atoms with E-state index >= 15 is 0 Å². The summed E-state index contributed by atoms with van der Waals surface area (Å²) in [4.78, 5) is 3.74. The zero-order valence-corrected chi connectivity index (χ0v) is 11.2. The fraction of sp³-hybridized carbons (Fsp3) is 0.333. The molecule has 0 fully saturated rings. The van der Waals surface area contributed by atoms with Crippen LogP contribution in [-0.2, 0) is 13.2 Å². The van der Waals surface area contributed by atoms with E-state index in [2.05, 4.69) is 15.4 Å². The number of nitrogens with one attached hydrogen (secondary N) is 1. The molecule has 0 aromatic carbocycles. The molecule has 0 aliphatic heterocycles. The highest BCUT2D eigenvalue weighted by molar-refractivity contribution is 5.65. The van der Waals surface area contributed by atoms with E-state index in [9.17, 15) is 13.2 Å². The molecule has 108 valence electrons. The summed E-state index contributed by atoms with van der Waals surface area (Å²) >= 11 is 0. The number of nitrogen functional groups attached to an aromatic ring is 1. The standard InChI is InChI=1S/C12H14F3N5/c1-6-11(7(2)20(3)19-6)18-10-4-9(16)8(5-17-10)12(13,14)15/h4-5H,1-3H3,(H3,16,17,18). The Balaban J connectivity index is 2.34. The second-order valence-electron chi connectivity index (χ2n) is 4.45. The second kappa shape index (κ2) is 4.69. The van der Waals surface area contributed by atoms with Crippen molar-refractivity contribution in [1.82, 2.24) is 14.8 Å². The molecule has 0 spiro atoms. The first kappa shape index (κ1) is 14.2.